The summed E-state index contributed by atoms with van der Waals surface area (Å²) in [6, 6.07) is 18.2. The smallest absolute Gasteiger partial charge is 0.349 e. The summed E-state index contributed by atoms with van der Waals surface area (Å²) in [6.07, 6.45) is 1.24. The molecule has 1 aromatic heterocycles. The molecule has 0 fully saturated rings. The molecule has 114 valence electrons. The van der Waals surface area contributed by atoms with E-state index in [2.05, 4.69) is 4.98 Å². The van der Waals surface area contributed by atoms with E-state index in [1.165, 1.54) is 10.8 Å². The van der Waals surface area contributed by atoms with Gasteiger partial charge in [0.2, 0.25) is 0 Å². The van der Waals surface area contributed by atoms with Gasteiger partial charge < -0.3 is 5.73 Å². The number of nitrogen functional groups attached to an aromatic ring is 1. The van der Waals surface area contributed by atoms with Gasteiger partial charge in [-0.3, -0.25) is 9.36 Å². The number of aromatic nitrogens is 2. The van der Waals surface area contributed by atoms with Crippen LogP contribution in [0.3, 0.4) is 0 Å². The second kappa shape index (κ2) is 6.27. The highest BCUT2D eigenvalue weighted by molar-refractivity contribution is 6.11. The molecule has 0 radical (unpaired) electrons. The van der Waals surface area contributed by atoms with Crippen molar-refractivity contribution in [2.75, 3.05) is 5.73 Å². The van der Waals surface area contributed by atoms with Gasteiger partial charge in [0.25, 0.3) is 0 Å². The highest BCUT2D eigenvalue weighted by atomic mass is 16.1. The average Bonchev–Trinajstić information content (AvgIpc) is 2.60. The molecule has 0 atom stereocenters. The maximum atomic E-state index is 12.5. The van der Waals surface area contributed by atoms with Crippen LogP contribution in [0, 0.1) is 0 Å². The fourth-order valence-electron chi connectivity index (χ4n) is 2.34. The number of benzene rings is 2. The fraction of sp³-hybridized carbons (Fsp3) is 0.0556. The summed E-state index contributed by atoms with van der Waals surface area (Å²) in [5.74, 6) is -0.125. The summed E-state index contributed by atoms with van der Waals surface area (Å²) < 4.78 is 1.31. The Morgan fingerprint density at radius 2 is 1.61 bits per heavy atom. The summed E-state index contributed by atoms with van der Waals surface area (Å²) in [5, 5.41) is 0. The lowest BCUT2D eigenvalue weighted by Crippen LogP contribution is -2.28. The summed E-state index contributed by atoms with van der Waals surface area (Å²) in [6.45, 7) is 0.272. The summed E-state index contributed by atoms with van der Waals surface area (Å²) >= 11 is 0. The predicted octanol–water partition coefficient (Wildman–Crippen LogP) is 2.10. The molecular formula is C18H15N3O2. The third-order valence-electron chi connectivity index (χ3n) is 3.57. The molecule has 0 amide bonds. The molecule has 3 aromatic rings. The van der Waals surface area contributed by atoms with Crippen LogP contribution in [0.5, 0.6) is 0 Å². The van der Waals surface area contributed by atoms with Gasteiger partial charge in [-0.05, 0) is 5.56 Å². The number of nitrogens with zero attached hydrogens (tertiary/aromatic N) is 2. The number of nitrogens with two attached hydrogens (primary N) is 1. The van der Waals surface area contributed by atoms with Gasteiger partial charge in [0.1, 0.15) is 5.82 Å². The van der Waals surface area contributed by atoms with E-state index in [-0.39, 0.29) is 23.7 Å². The Balaban J connectivity index is 2.02. The van der Waals surface area contributed by atoms with E-state index in [1.807, 2.05) is 36.4 Å². The molecular weight excluding hydrogens is 290 g/mol. The quantitative estimate of drug-likeness (QED) is 0.749. The van der Waals surface area contributed by atoms with Crippen LogP contribution < -0.4 is 11.4 Å². The fourth-order valence-corrected chi connectivity index (χ4v) is 2.34. The maximum absolute atomic E-state index is 12.5. The third kappa shape index (κ3) is 3.03. The van der Waals surface area contributed by atoms with E-state index >= 15 is 0 Å². The molecule has 2 N–H and O–H groups in total. The molecule has 0 aliphatic heterocycles. The highest BCUT2D eigenvalue weighted by Crippen LogP contribution is 2.15. The van der Waals surface area contributed by atoms with Crippen molar-refractivity contribution in [3.8, 4) is 0 Å². The van der Waals surface area contributed by atoms with E-state index < -0.39 is 5.69 Å². The standard InChI is InChI=1S/C18H15N3O2/c19-17-15(16(22)14-9-5-2-6-10-14)11-20-18(23)21(17)12-13-7-3-1-4-8-13/h1-11H,12,19H2. The van der Waals surface area contributed by atoms with Crippen molar-refractivity contribution in [1.29, 1.82) is 0 Å². The van der Waals surface area contributed by atoms with Crippen LogP contribution in [0.15, 0.2) is 71.7 Å². The van der Waals surface area contributed by atoms with Crippen molar-refractivity contribution in [1.82, 2.24) is 9.55 Å². The number of anilines is 1. The average molecular weight is 305 g/mol. The number of hydrogen-bond donors (Lipinski definition) is 1. The van der Waals surface area contributed by atoms with Crippen LogP contribution in [0.25, 0.3) is 0 Å². The lowest BCUT2D eigenvalue weighted by molar-refractivity contribution is 0.103. The van der Waals surface area contributed by atoms with E-state index in [0.29, 0.717) is 5.56 Å². The minimum Gasteiger partial charge on any atom is -0.384 e. The molecule has 1 heterocycles. The number of carbonyl (C=O) groups excluding carboxylic acids is 1. The normalized spacial score (nSPS) is 10.4. The van der Waals surface area contributed by atoms with Crippen molar-refractivity contribution in [2.45, 2.75) is 6.54 Å². The Morgan fingerprint density at radius 3 is 2.26 bits per heavy atom. The van der Waals surface area contributed by atoms with Gasteiger partial charge in [0, 0.05) is 11.8 Å². The van der Waals surface area contributed by atoms with Crippen molar-refractivity contribution >= 4 is 11.6 Å². The molecule has 0 aliphatic carbocycles. The van der Waals surface area contributed by atoms with Crippen LogP contribution in [0.1, 0.15) is 21.5 Å². The first-order valence-electron chi connectivity index (χ1n) is 7.16. The third-order valence-corrected chi connectivity index (χ3v) is 3.57. The first kappa shape index (κ1) is 14.7. The van der Waals surface area contributed by atoms with Crippen molar-refractivity contribution in [3.63, 3.8) is 0 Å². The molecule has 2 aromatic carbocycles. The van der Waals surface area contributed by atoms with Gasteiger partial charge in [-0.2, -0.15) is 0 Å². The lowest BCUT2D eigenvalue weighted by atomic mass is 10.1. The van der Waals surface area contributed by atoms with Crippen LogP contribution in [0.2, 0.25) is 0 Å². The Kier molecular flexibility index (Phi) is 4.01. The molecule has 5 heteroatoms. The molecule has 3 rings (SSSR count). The minimum atomic E-state index is -0.476. The van der Waals surface area contributed by atoms with Crippen LogP contribution >= 0.6 is 0 Å². The largest absolute Gasteiger partial charge is 0.384 e. The zero-order valence-electron chi connectivity index (χ0n) is 12.3. The van der Waals surface area contributed by atoms with E-state index in [4.69, 9.17) is 5.73 Å². The van der Waals surface area contributed by atoms with Crippen LogP contribution in [-0.2, 0) is 6.54 Å². The first-order valence-corrected chi connectivity index (χ1v) is 7.16. The monoisotopic (exact) mass is 305 g/mol. The van der Waals surface area contributed by atoms with Gasteiger partial charge in [0.15, 0.2) is 5.78 Å². The van der Waals surface area contributed by atoms with Crippen LogP contribution in [-0.4, -0.2) is 15.3 Å². The lowest BCUT2D eigenvalue weighted by Gasteiger charge is -2.12. The molecule has 0 saturated carbocycles. The second-order valence-corrected chi connectivity index (χ2v) is 5.11. The molecule has 0 saturated heterocycles. The molecule has 5 nitrogen and oxygen atoms in total. The SMILES string of the molecule is Nc1c(C(=O)c2ccccc2)cnc(=O)n1Cc1ccccc1. The molecule has 23 heavy (non-hydrogen) atoms. The Labute approximate surface area is 133 Å². The zero-order valence-corrected chi connectivity index (χ0v) is 12.3. The summed E-state index contributed by atoms with van der Waals surface area (Å²) in [7, 11) is 0. The number of ketones is 1. The van der Waals surface area contributed by atoms with E-state index in [0.717, 1.165) is 5.56 Å². The van der Waals surface area contributed by atoms with Gasteiger partial charge in [0.05, 0.1) is 12.1 Å². The van der Waals surface area contributed by atoms with Crippen molar-refractivity contribution < 1.29 is 4.79 Å². The molecule has 0 bridgehead atoms. The van der Waals surface area contributed by atoms with Gasteiger partial charge >= 0.3 is 5.69 Å². The minimum absolute atomic E-state index is 0.128. The number of hydrogen-bond acceptors (Lipinski definition) is 4. The Morgan fingerprint density at radius 1 is 1.00 bits per heavy atom. The number of rotatable bonds is 4. The first-order chi connectivity index (χ1) is 11.2. The van der Waals surface area contributed by atoms with E-state index in [1.54, 1.807) is 24.3 Å². The summed E-state index contributed by atoms with van der Waals surface area (Å²) in [5.41, 5.74) is 7.24. The van der Waals surface area contributed by atoms with Crippen LogP contribution in [0.4, 0.5) is 5.82 Å². The maximum Gasteiger partial charge on any atom is 0.349 e. The topological polar surface area (TPSA) is 78.0 Å². The zero-order chi connectivity index (χ0) is 16.2. The Hall–Kier alpha value is -3.21. The van der Waals surface area contributed by atoms with Gasteiger partial charge in [-0.1, -0.05) is 60.7 Å². The molecule has 0 aliphatic rings. The van der Waals surface area contributed by atoms with Crippen molar-refractivity contribution in [3.05, 3.63) is 94.0 Å². The number of carbonyl (C=O) groups is 1. The second-order valence-electron chi connectivity index (χ2n) is 5.11. The van der Waals surface area contributed by atoms with Crippen molar-refractivity contribution in [2.24, 2.45) is 0 Å². The highest BCUT2D eigenvalue weighted by Gasteiger charge is 2.16. The molecule has 0 unspecified atom stereocenters. The Bertz CT molecular complexity index is 887. The van der Waals surface area contributed by atoms with Gasteiger partial charge in [-0.25, -0.2) is 9.78 Å². The van der Waals surface area contributed by atoms with E-state index in [9.17, 15) is 9.59 Å². The summed E-state index contributed by atoms with van der Waals surface area (Å²) in [4.78, 5) is 28.4. The van der Waals surface area contributed by atoms with Gasteiger partial charge in [-0.15, -0.1) is 0 Å². The predicted molar refractivity (Wildman–Crippen MR) is 88.3 cm³/mol. The molecule has 0 spiro atoms.